The Morgan fingerprint density at radius 2 is 1.95 bits per heavy atom. The highest BCUT2D eigenvalue weighted by molar-refractivity contribution is 7.98. The Morgan fingerprint density at radius 1 is 1.11 bits per heavy atom. The standard InChI is InChI=1S/C16H19NOS/c1-13-6-5-7-14(12-13)17-10-11-18-15-8-3-4-9-16(15)19-2/h3-9,12,17H,10-11H2,1-2H3. The van der Waals surface area contributed by atoms with E-state index in [2.05, 4.69) is 48.8 Å². The number of para-hydroxylation sites is 1. The topological polar surface area (TPSA) is 21.3 Å². The lowest BCUT2D eigenvalue weighted by Gasteiger charge is -2.11. The van der Waals surface area contributed by atoms with E-state index in [1.807, 2.05) is 18.2 Å². The van der Waals surface area contributed by atoms with Gasteiger partial charge >= 0.3 is 0 Å². The Morgan fingerprint density at radius 3 is 2.74 bits per heavy atom. The Hall–Kier alpha value is -1.61. The predicted octanol–water partition coefficient (Wildman–Crippen LogP) is 4.21. The third-order valence-electron chi connectivity index (χ3n) is 2.78. The van der Waals surface area contributed by atoms with Crippen LogP contribution in [0.5, 0.6) is 5.75 Å². The summed E-state index contributed by atoms with van der Waals surface area (Å²) >= 11 is 1.71. The maximum Gasteiger partial charge on any atom is 0.132 e. The second-order valence-electron chi connectivity index (χ2n) is 4.30. The van der Waals surface area contributed by atoms with Crippen LogP contribution in [-0.4, -0.2) is 19.4 Å². The lowest BCUT2D eigenvalue weighted by atomic mass is 10.2. The fraction of sp³-hybridized carbons (Fsp3) is 0.250. The maximum absolute atomic E-state index is 5.80. The SMILES string of the molecule is CSc1ccccc1OCCNc1cccc(C)c1. The van der Waals surface area contributed by atoms with Crippen molar-refractivity contribution in [3.05, 3.63) is 54.1 Å². The number of aryl methyl sites for hydroxylation is 1. The van der Waals surface area contributed by atoms with Crippen molar-refractivity contribution in [3.8, 4) is 5.75 Å². The fourth-order valence-corrected chi connectivity index (χ4v) is 2.39. The van der Waals surface area contributed by atoms with Gasteiger partial charge in [0.15, 0.2) is 0 Å². The molecule has 0 bridgehead atoms. The molecule has 19 heavy (non-hydrogen) atoms. The number of hydrogen-bond donors (Lipinski definition) is 1. The largest absolute Gasteiger partial charge is 0.491 e. The van der Waals surface area contributed by atoms with E-state index >= 15 is 0 Å². The molecule has 0 aromatic heterocycles. The van der Waals surface area contributed by atoms with Gasteiger partial charge in [0.1, 0.15) is 12.4 Å². The summed E-state index contributed by atoms with van der Waals surface area (Å²) in [6, 6.07) is 16.5. The number of hydrogen-bond acceptors (Lipinski definition) is 3. The van der Waals surface area contributed by atoms with Crippen molar-refractivity contribution in [2.45, 2.75) is 11.8 Å². The van der Waals surface area contributed by atoms with Crippen LogP contribution >= 0.6 is 11.8 Å². The van der Waals surface area contributed by atoms with Crippen LogP contribution in [0.2, 0.25) is 0 Å². The summed E-state index contributed by atoms with van der Waals surface area (Å²) in [4.78, 5) is 1.18. The van der Waals surface area contributed by atoms with E-state index in [1.54, 1.807) is 11.8 Å². The molecule has 2 aromatic carbocycles. The highest BCUT2D eigenvalue weighted by Gasteiger charge is 2.00. The Balaban J connectivity index is 1.81. The molecule has 2 rings (SSSR count). The minimum atomic E-state index is 0.658. The molecule has 2 nitrogen and oxygen atoms in total. The maximum atomic E-state index is 5.80. The van der Waals surface area contributed by atoms with Gasteiger partial charge in [-0.2, -0.15) is 0 Å². The van der Waals surface area contributed by atoms with Crippen LogP contribution < -0.4 is 10.1 Å². The van der Waals surface area contributed by atoms with Crippen LogP contribution in [-0.2, 0) is 0 Å². The Bertz CT molecular complexity index is 528. The molecule has 1 N–H and O–H groups in total. The number of anilines is 1. The summed E-state index contributed by atoms with van der Waals surface area (Å²) in [6.45, 7) is 3.55. The van der Waals surface area contributed by atoms with E-state index in [1.165, 1.54) is 10.5 Å². The van der Waals surface area contributed by atoms with Crippen molar-refractivity contribution in [3.63, 3.8) is 0 Å². The molecule has 100 valence electrons. The minimum Gasteiger partial charge on any atom is -0.491 e. The quantitative estimate of drug-likeness (QED) is 0.629. The van der Waals surface area contributed by atoms with Crippen molar-refractivity contribution in [1.82, 2.24) is 0 Å². The van der Waals surface area contributed by atoms with Crippen LogP contribution in [0.15, 0.2) is 53.4 Å². The zero-order chi connectivity index (χ0) is 13.5. The summed E-state index contributed by atoms with van der Waals surface area (Å²) < 4.78 is 5.80. The minimum absolute atomic E-state index is 0.658. The molecule has 0 unspecified atom stereocenters. The van der Waals surface area contributed by atoms with Crippen molar-refractivity contribution in [1.29, 1.82) is 0 Å². The van der Waals surface area contributed by atoms with Crippen molar-refractivity contribution >= 4 is 17.4 Å². The van der Waals surface area contributed by atoms with Gasteiger partial charge in [0.05, 0.1) is 0 Å². The first-order chi connectivity index (χ1) is 9.29. The molecular formula is C16H19NOS. The van der Waals surface area contributed by atoms with Crippen molar-refractivity contribution in [2.24, 2.45) is 0 Å². The summed E-state index contributed by atoms with van der Waals surface area (Å²) in [5.74, 6) is 0.959. The van der Waals surface area contributed by atoms with Crippen LogP contribution in [0.25, 0.3) is 0 Å². The predicted molar refractivity (Wildman–Crippen MR) is 83.4 cm³/mol. The van der Waals surface area contributed by atoms with Crippen molar-refractivity contribution < 1.29 is 4.74 Å². The highest BCUT2D eigenvalue weighted by atomic mass is 32.2. The molecule has 0 heterocycles. The zero-order valence-electron chi connectivity index (χ0n) is 11.3. The molecular weight excluding hydrogens is 254 g/mol. The van der Waals surface area contributed by atoms with Crippen LogP contribution in [0, 0.1) is 6.92 Å². The Labute approximate surface area is 119 Å². The monoisotopic (exact) mass is 273 g/mol. The van der Waals surface area contributed by atoms with Crippen molar-refractivity contribution in [2.75, 3.05) is 24.7 Å². The molecule has 0 atom stereocenters. The third-order valence-corrected chi connectivity index (χ3v) is 3.55. The van der Waals surface area contributed by atoms with Gasteiger partial charge in [-0.05, 0) is 43.0 Å². The molecule has 0 saturated carbocycles. The van der Waals surface area contributed by atoms with Gasteiger partial charge in [-0.25, -0.2) is 0 Å². The molecule has 0 aliphatic heterocycles. The summed E-state index contributed by atoms with van der Waals surface area (Å²) in [5, 5.41) is 3.36. The van der Waals surface area contributed by atoms with Gasteiger partial charge in [0, 0.05) is 17.1 Å². The lowest BCUT2D eigenvalue weighted by molar-refractivity contribution is 0.325. The molecule has 0 radical (unpaired) electrons. The number of nitrogens with one attached hydrogen (secondary N) is 1. The zero-order valence-corrected chi connectivity index (χ0v) is 12.2. The molecule has 0 spiro atoms. The second-order valence-corrected chi connectivity index (χ2v) is 5.14. The van der Waals surface area contributed by atoms with E-state index in [9.17, 15) is 0 Å². The third kappa shape index (κ3) is 4.21. The first kappa shape index (κ1) is 13.8. The number of thioether (sulfide) groups is 1. The van der Waals surface area contributed by atoms with E-state index in [4.69, 9.17) is 4.74 Å². The van der Waals surface area contributed by atoms with Gasteiger partial charge in [0.25, 0.3) is 0 Å². The Kier molecular flexibility index (Phi) is 5.16. The van der Waals surface area contributed by atoms with Gasteiger partial charge < -0.3 is 10.1 Å². The van der Waals surface area contributed by atoms with E-state index in [0.29, 0.717) is 6.61 Å². The van der Waals surface area contributed by atoms with E-state index < -0.39 is 0 Å². The number of ether oxygens (including phenoxy) is 1. The van der Waals surface area contributed by atoms with Crippen LogP contribution in [0.4, 0.5) is 5.69 Å². The smallest absolute Gasteiger partial charge is 0.132 e. The first-order valence-corrected chi connectivity index (χ1v) is 7.58. The average Bonchev–Trinajstić information content (AvgIpc) is 2.44. The van der Waals surface area contributed by atoms with E-state index in [0.717, 1.165) is 18.0 Å². The fourth-order valence-electron chi connectivity index (χ4n) is 1.85. The van der Waals surface area contributed by atoms with Gasteiger partial charge in [-0.1, -0.05) is 24.3 Å². The summed E-state index contributed by atoms with van der Waals surface area (Å²) in [7, 11) is 0. The molecule has 0 fully saturated rings. The second kappa shape index (κ2) is 7.10. The molecule has 0 amide bonds. The molecule has 0 aliphatic rings. The molecule has 0 aliphatic carbocycles. The van der Waals surface area contributed by atoms with Gasteiger partial charge in [-0.3, -0.25) is 0 Å². The van der Waals surface area contributed by atoms with Crippen LogP contribution in [0.1, 0.15) is 5.56 Å². The molecule has 0 saturated heterocycles. The molecule has 3 heteroatoms. The number of rotatable bonds is 6. The highest BCUT2D eigenvalue weighted by Crippen LogP contribution is 2.26. The molecule has 2 aromatic rings. The van der Waals surface area contributed by atoms with Crippen LogP contribution in [0.3, 0.4) is 0 Å². The normalized spacial score (nSPS) is 10.2. The van der Waals surface area contributed by atoms with Gasteiger partial charge in [-0.15, -0.1) is 11.8 Å². The summed E-state index contributed by atoms with van der Waals surface area (Å²) in [6.07, 6.45) is 2.06. The first-order valence-electron chi connectivity index (χ1n) is 6.36. The summed E-state index contributed by atoms with van der Waals surface area (Å²) in [5.41, 5.74) is 2.40. The lowest BCUT2D eigenvalue weighted by Crippen LogP contribution is -2.11. The van der Waals surface area contributed by atoms with E-state index in [-0.39, 0.29) is 0 Å². The number of benzene rings is 2. The van der Waals surface area contributed by atoms with Gasteiger partial charge in [0.2, 0.25) is 0 Å². The average molecular weight is 273 g/mol.